The normalized spacial score (nSPS) is 11.6. The second-order valence-corrected chi connectivity index (χ2v) is 6.76. The molecule has 0 spiro atoms. The lowest BCUT2D eigenvalue weighted by molar-refractivity contribution is 0.0526. The van der Waals surface area contributed by atoms with Crippen molar-refractivity contribution in [1.82, 2.24) is 10.2 Å². The molecule has 0 aliphatic heterocycles. The van der Waals surface area contributed by atoms with Crippen LogP contribution in [0.4, 0.5) is 5.69 Å². The highest BCUT2D eigenvalue weighted by Gasteiger charge is 2.18. The lowest BCUT2D eigenvalue weighted by Crippen LogP contribution is -2.36. The molecular formula is C21H27N3O3S. The van der Waals surface area contributed by atoms with Crippen molar-refractivity contribution in [2.24, 2.45) is 0 Å². The molecule has 0 aromatic heterocycles. The third-order valence-corrected chi connectivity index (χ3v) is 4.48. The van der Waals surface area contributed by atoms with E-state index in [1.807, 2.05) is 32.3 Å². The molecule has 2 N–H and O–H groups in total. The molecule has 28 heavy (non-hydrogen) atoms. The summed E-state index contributed by atoms with van der Waals surface area (Å²) in [5.74, 6) is 0.511. The maximum Gasteiger partial charge on any atom is 0.338 e. The smallest absolute Gasteiger partial charge is 0.338 e. The second kappa shape index (κ2) is 10.6. The van der Waals surface area contributed by atoms with Gasteiger partial charge in [0.1, 0.15) is 5.75 Å². The van der Waals surface area contributed by atoms with Gasteiger partial charge in [0.05, 0.1) is 25.3 Å². The summed E-state index contributed by atoms with van der Waals surface area (Å²) >= 11 is 5.41. The Morgan fingerprint density at radius 2 is 1.82 bits per heavy atom. The molecule has 0 bridgehead atoms. The van der Waals surface area contributed by atoms with Crippen LogP contribution in [0.1, 0.15) is 28.9 Å². The summed E-state index contributed by atoms with van der Waals surface area (Å²) in [5.41, 5.74) is 2.39. The fourth-order valence-corrected chi connectivity index (χ4v) is 2.98. The van der Waals surface area contributed by atoms with Crippen LogP contribution >= 0.6 is 12.2 Å². The van der Waals surface area contributed by atoms with E-state index >= 15 is 0 Å². The molecule has 0 aliphatic carbocycles. The van der Waals surface area contributed by atoms with Gasteiger partial charge in [-0.1, -0.05) is 18.2 Å². The van der Waals surface area contributed by atoms with E-state index in [2.05, 4.69) is 21.6 Å². The predicted molar refractivity (Wildman–Crippen MR) is 116 cm³/mol. The van der Waals surface area contributed by atoms with E-state index < -0.39 is 0 Å². The van der Waals surface area contributed by atoms with Crippen molar-refractivity contribution in [3.05, 3.63) is 59.7 Å². The summed E-state index contributed by atoms with van der Waals surface area (Å²) in [4.78, 5) is 13.8. The van der Waals surface area contributed by atoms with Gasteiger partial charge in [0.15, 0.2) is 5.11 Å². The highest BCUT2D eigenvalue weighted by molar-refractivity contribution is 7.80. The van der Waals surface area contributed by atoms with Crippen molar-refractivity contribution in [3.8, 4) is 5.75 Å². The number of rotatable bonds is 8. The molecule has 1 atom stereocenters. The van der Waals surface area contributed by atoms with E-state index in [9.17, 15) is 4.79 Å². The molecule has 0 saturated carbocycles. The fraction of sp³-hybridized carbons (Fsp3) is 0.333. The summed E-state index contributed by atoms with van der Waals surface area (Å²) < 4.78 is 10.5. The summed E-state index contributed by atoms with van der Waals surface area (Å²) in [6.45, 7) is 2.75. The summed E-state index contributed by atoms with van der Waals surface area (Å²) in [6.07, 6.45) is 0. The highest BCUT2D eigenvalue weighted by Crippen LogP contribution is 2.27. The molecular weight excluding hydrogens is 374 g/mol. The SMILES string of the molecule is CCOC(=O)c1ccc(NC(=S)NCC(c2ccccc2OC)N(C)C)cc1. The van der Waals surface area contributed by atoms with Crippen molar-refractivity contribution in [1.29, 1.82) is 0 Å². The van der Waals surface area contributed by atoms with Crippen LogP contribution in [0.3, 0.4) is 0 Å². The van der Waals surface area contributed by atoms with E-state index in [1.165, 1.54) is 0 Å². The van der Waals surface area contributed by atoms with E-state index in [0.717, 1.165) is 17.0 Å². The molecule has 1 unspecified atom stereocenters. The van der Waals surface area contributed by atoms with Crippen LogP contribution in [-0.2, 0) is 4.74 Å². The number of hydrogen-bond acceptors (Lipinski definition) is 5. The Hall–Kier alpha value is -2.64. The largest absolute Gasteiger partial charge is 0.496 e. The number of esters is 1. The third-order valence-electron chi connectivity index (χ3n) is 4.23. The molecule has 0 saturated heterocycles. The maximum absolute atomic E-state index is 11.7. The number of thiocarbonyl (C=S) groups is 1. The first-order valence-electron chi connectivity index (χ1n) is 9.07. The average Bonchev–Trinajstić information content (AvgIpc) is 2.69. The molecule has 7 heteroatoms. The maximum atomic E-state index is 11.7. The summed E-state index contributed by atoms with van der Waals surface area (Å²) in [6, 6.07) is 15.0. The number of carbonyl (C=O) groups excluding carboxylic acids is 1. The zero-order valence-electron chi connectivity index (χ0n) is 16.7. The number of nitrogens with one attached hydrogen (secondary N) is 2. The van der Waals surface area contributed by atoms with Gasteiger partial charge in [0.2, 0.25) is 0 Å². The molecule has 2 aromatic rings. The lowest BCUT2D eigenvalue weighted by atomic mass is 10.0. The van der Waals surface area contributed by atoms with E-state index in [1.54, 1.807) is 38.3 Å². The average molecular weight is 402 g/mol. The van der Waals surface area contributed by atoms with E-state index in [-0.39, 0.29) is 12.0 Å². The van der Waals surface area contributed by atoms with Gasteiger partial charge in [-0.05, 0) is 63.6 Å². The number of nitrogens with zero attached hydrogens (tertiary/aromatic N) is 1. The number of methoxy groups -OCH3 is 1. The standard InChI is InChI=1S/C21H27N3O3S/c1-5-27-20(25)15-10-12-16(13-11-15)23-21(28)22-14-18(24(2)3)17-8-6-7-9-19(17)26-4/h6-13,18H,5,14H2,1-4H3,(H2,22,23,28). The van der Waals surface area contributed by atoms with Crippen molar-refractivity contribution in [3.63, 3.8) is 0 Å². The van der Waals surface area contributed by atoms with Crippen molar-refractivity contribution >= 4 is 29.0 Å². The first kappa shape index (κ1) is 21.7. The van der Waals surface area contributed by atoms with Crippen molar-refractivity contribution < 1.29 is 14.3 Å². The number of hydrogen-bond donors (Lipinski definition) is 2. The van der Waals surface area contributed by atoms with Gasteiger partial charge >= 0.3 is 5.97 Å². The van der Waals surface area contributed by atoms with Gasteiger partial charge in [-0.2, -0.15) is 0 Å². The molecule has 2 aromatic carbocycles. The minimum Gasteiger partial charge on any atom is -0.496 e. The quantitative estimate of drug-likeness (QED) is 0.519. The van der Waals surface area contributed by atoms with Gasteiger partial charge in [0.25, 0.3) is 0 Å². The minimum absolute atomic E-state index is 0.0853. The summed E-state index contributed by atoms with van der Waals surface area (Å²) in [5, 5.41) is 6.89. The Bertz CT molecular complexity index is 794. The van der Waals surface area contributed by atoms with E-state index in [0.29, 0.717) is 23.8 Å². The lowest BCUT2D eigenvalue weighted by Gasteiger charge is -2.27. The molecule has 0 aliphatic rings. The zero-order valence-corrected chi connectivity index (χ0v) is 17.5. The van der Waals surface area contributed by atoms with Crippen molar-refractivity contribution in [2.45, 2.75) is 13.0 Å². The van der Waals surface area contributed by atoms with Crippen LogP contribution < -0.4 is 15.4 Å². The first-order valence-corrected chi connectivity index (χ1v) is 9.48. The van der Waals surface area contributed by atoms with Crippen LogP contribution in [-0.4, -0.2) is 50.3 Å². The predicted octanol–water partition coefficient (Wildman–Crippen LogP) is 3.46. The Morgan fingerprint density at radius 3 is 2.43 bits per heavy atom. The molecule has 0 amide bonds. The van der Waals surface area contributed by atoms with Crippen LogP contribution in [0.15, 0.2) is 48.5 Å². The monoisotopic (exact) mass is 401 g/mol. The van der Waals surface area contributed by atoms with Crippen LogP contribution in [0.2, 0.25) is 0 Å². The second-order valence-electron chi connectivity index (χ2n) is 6.35. The summed E-state index contributed by atoms with van der Waals surface area (Å²) in [7, 11) is 5.71. The third kappa shape index (κ3) is 5.94. The van der Waals surface area contributed by atoms with Gasteiger partial charge in [0, 0.05) is 17.8 Å². The topological polar surface area (TPSA) is 62.8 Å². The number of carbonyl (C=O) groups is 1. The Labute approximate surface area is 171 Å². The molecule has 0 fully saturated rings. The van der Waals surface area contributed by atoms with Gasteiger partial charge < -0.3 is 25.0 Å². The van der Waals surface area contributed by atoms with Gasteiger partial charge in [-0.25, -0.2) is 4.79 Å². The van der Waals surface area contributed by atoms with E-state index in [4.69, 9.17) is 21.7 Å². The number of ether oxygens (including phenoxy) is 2. The molecule has 0 radical (unpaired) electrons. The number of anilines is 1. The van der Waals surface area contributed by atoms with Crippen LogP contribution in [0.5, 0.6) is 5.75 Å². The number of para-hydroxylation sites is 1. The Balaban J connectivity index is 1.97. The van der Waals surface area contributed by atoms with Crippen molar-refractivity contribution in [2.75, 3.05) is 39.7 Å². The molecule has 2 rings (SSSR count). The highest BCUT2D eigenvalue weighted by atomic mass is 32.1. The van der Waals surface area contributed by atoms with Crippen LogP contribution in [0.25, 0.3) is 0 Å². The Morgan fingerprint density at radius 1 is 1.14 bits per heavy atom. The first-order chi connectivity index (χ1) is 13.5. The minimum atomic E-state index is -0.333. The zero-order chi connectivity index (χ0) is 20.5. The number of benzene rings is 2. The van der Waals surface area contributed by atoms with Gasteiger partial charge in [-0.15, -0.1) is 0 Å². The molecule has 150 valence electrons. The Kier molecular flexibility index (Phi) is 8.22. The fourth-order valence-electron chi connectivity index (χ4n) is 2.78. The van der Waals surface area contributed by atoms with Crippen LogP contribution in [0, 0.1) is 0 Å². The molecule has 6 nitrogen and oxygen atoms in total. The molecule has 0 heterocycles. The number of likely N-dealkylation sites (N-methyl/N-ethyl adjacent to an activating group) is 1. The van der Waals surface area contributed by atoms with Gasteiger partial charge in [-0.3, -0.25) is 0 Å².